The highest BCUT2D eigenvalue weighted by molar-refractivity contribution is 9.12. The Kier molecular flexibility index (Phi) is 2.07. The van der Waals surface area contributed by atoms with Gasteiger partial charge in [0.25, 0.3) is 0 Å². The van der Waals surface area contributed by atoms with Gasteiger partial charge in [0.1, 0.15) is 4.99 Å². The molecule has 0 amide bonds. The summed E-state index contributed by atoms with van der Waals surface area (Å²) in [5, 5.41) is 0. The van der Waals surface area contributed by atoms with Gasteiger partial charge in [0.2, 0.25) is 0 Å². The van der Waals surface area contributed by atoms with Crippen molar-refractivity contribution >= 4 is 39.4 Å². The zero-order chi connectivity index (χ0) is 8.55. The number of thiocarbonyl (C=S) groups is 1. The van der Waals surface area contributed by atoms with Gasteiger partial charge in [-0.1, -0.05) is 36.5 Å². The average molecular weight is 240 g/mol. The van der Waals surface area contributed by atoms with Gasteiger partial charge in [-0.25, -0.2) is 4.99 Å². The van der Waals surface area contributed by atoms with Crippen LogP contribution in [0.1, 0.15) is 0 Å². The third kappa shape index (κ3) is 1.23. The number of aliphatic imine (C=N–C) groups is 1. The molecular formula is C9H6BrNS. The summed E-state index contributed by atoms with van der Waals surface area (Å²) < 4.78 is 1.03. The van der Waals surface area contributed by atoms with Crippen molar-refractivity contribution in [2.75, 3.05) is 0 Å². The van der Waals surface area contributed by atoms with Crippen LogP contribution in [0.3, 0.4) is 0 Å². The Morgan fingerprint density at radius 1 is 1.42 bits per heavy atom. The Morgan fingerprint density at radius 2 is 2.25 bits per heavy atom. The van der Waals surface area contributed by atoms with E-state index in [0.717, 1.165) is 9.47 Å². The van der Waals surface area contributed by atoms with E-state index in [-0.39, 0.29) is 5.92 Å². The first-order valence-corrected chi connectivity index (χ1v) is 4.81. The molecule has 0 spiro atoms. The third-order valence-corrected chi connectivity index (χ3v) is 2.89. The lowest BCUT2D eigenvalue weighted by molar-refractivity contribution is 1.05. The Balaban J connectivity index is 2.51. The largest absolute Gasteiger partial charge is 0.248 e. The monoisotopic (exact) mass is 239 g/mol. The summed E-state index contributed by atoms with van der Waals surface area (Å²) in [7, 11) is 0. The van der Waals surface area contributed by atoms with Crippen molar-refractivity contribution < 1.29 is 0 Å². The lowest BCUT2D eigenvalue weighted by atomic mass is 9.93. The maximum Gasteiger partial charge on any atom is 0.114 e. The number of nitrogens with zero attached hydrogens (tertiary/aromatic N) is 1. The van der Waals surface area contributed by atoms with Crippen LogP contribution in [-0.2, 0) is 0 Å². The molecule has 0 N–H and O–H groups in total. The molecule has 1 aliphatic heterocycles. The molecule has 0 aromatic rings. The van der Waals surface area contributed by atoms with Gasteiger partial charge < -0.3 is 0 Å². The molecule has 0 radical (unpaired) electrons. The van der Waals surface area contributed by atoms with Gasteiger partial charge in [-0.15, -0.1) is 0 Å². The summed E-state index contributed by atoms with van der Waals surface area (Å²) in [6.07, 6.45) is 9.90. The molecule has 1 nitrogen and oxygen atoms in total. The van der Waals surface area contributed by atoms with Crippen LogP contribution in [0, 0.1) is 5.92 Å². The zero-order valence-electron chi connectivity index (χ0n) is 6.20. The summed E-state index contributed by atoms with van der Waals surface area (Å²) in [5.74, 6) is 0.198. The molecular weight excluding hydrogens is 234 g/mol. The molecule has 2 rings (SSSR count). The van der Waals surface area contributed by atoms with Crippen LogP contribution in [0.15, 0.2) is 39.4 Å². The zero-order valence-corrected chi connectivity index (χ0v) is 8.60. The van der Waals surface area contributed by atoms with Crippen molar-refractivity contribution in [3.63, 3.8) is 0 Å². The van der Waals surface area contributed by atoms with Crippen LogP contribution in [0.4, 0.5) is 0 Å². The standard InChI is InChI=1S/C9H6BrNS/c10-8-5-11-9(12)7-4-2-1-3-6(7)8/h1-5,7H. The molecule has 0 saturated heterocycles. The third-order valence-electron chi connectivity index (χ3n) is 1.87. The van der Waals surface area contributed by atoms with Crippen LogP contribution in [-0.4, -0.2) is 11.2 Å². The van der Waals surface area contributed by atoms with Crippen LogP contribution in [0.2, 0.25) is 0 Å². The molecule has 0 bridgehead atoms. The lowest BCUT2D eigenvalue weighted by Crippen LogP contribution is -2.16. The maximum absolute atomic E-state index is 5.12. The SMILES string of the molecule is S=C1N=CC(Br)=C2C=CC=CC12. The molecule has 0 fully saturated rings. The first kappa shape index (κ1) is 8.08. The van der Waals surface area contributed by atoms with E-state index in [1.807, 2.05) is 12.2 Å². The van der Waals surface area contributed by atoms with Crippen molar-refractivity contribution in [2.24, 2.45) is 10.9 Å². The Bertz CT molecular complexity index is 350. The second-order valence-corrected chi connectivity index (χ2v) is 3.89. The second-order valence-electron chi connectivity index (χ2n) is 2.62. The summed E-state index contributed by atoms with van der Waals surface area (Å²) >= 11 is 8.56. The fraction of sp³-hybridized carbons (Fsp3) is 0.111. The summed E-state index contributed by atoms with van der Waals surface area (Å²) in [4.78, 5) is 4.86. The highest BCUT2D eigenvalue weighted by Crippen LogP contribution is 2.29. The lowest BCUT2D eigenvalue weighted by Gasteiger charge is -2.19. The predicted molar refractivity (Wildman–Crippen MR) is 58.8 cm³/mol. The topological polar surface area (TPSA) is 12.4 Å². The summed E-state index contributed by atoms with van der Waals surface area (Å²) in [6, 6.07) is 0. The highest BCUT2D eigenvalue weighted by Gasteiger charge is 2.21. The van der Waals surface area contributed by atoms with Crippen molar-refractivity contribution in [3.8, 4) is 0 Å². The maximum atomic E-state index is 5.12. The molecule has 0 aromatic carbocycles. The smallest absolute Gasteiger partial charge is 0.114 e. The van der Waals surface area contributed by atoms with Crippen molar-refractivity contribution in [3.05, 3.63) is 34.4 Å². The first-order valence-electron chi connectivity index (χ1n) is 3.61. The van der Waals surface area contributed by atoms with Gasteiger partial charge in [0.05, 0.1) is 5.92 Å². The van der Waals surface area contributed by atoms with Gasteiger partial charge in [-0.05, 0) is 21.5 Å². The van der Waals surface area contributed by atoms with Gasteiger partial charge >= 0.3 is 0 Å². The first-order chi connectivity index (χ1) is 5.79. The number of fused-ring (bicyclic) bond motifs is 1. The van der Waals surface area contributed by atoms with E-state index in [4.69, 9.17) is 12.2 Å². The molecule has 1 atom stereocenters. The minimum atomic E-state index is 0.198. The molecule has 60 valence electrons. The van der Waals surface area contributed by atoms with E-state index in [0.29, 0.717) is 0 Å². The number of dihydropyridines is 1. The summed E-state index contributed by atoms with van der Waals surface area (Å²) in [6.45, 7) is 0. The minimum Gasteiger partial charge on any atom is -0.248 e. The summed E-state index contributed by atoms with van der Waals surface area (Å²) in [5.41, 5.74) is 1.21. The van der Waals surface area contributed by atoms with E-state index < -0.39 is 0 Å². The molecule has 1 aliphatic carbocycles. The second kappa shape index (κ2) is 3.07. The fourth-order valence-electron chi connectivity index (χ4n) is 1.26. The minimum absolute atomic E-state index is 0.198. The fourth-order valence-corrected chi connectivity index (χ4v) is 2.00. The van der Waals surface area contributed by atoms with Crippen LogP contribution < -0.4 is 0 Å². The molecule has 2 aliphatic rings. The van der Waals surface area contributed by atoms with E-state index >= 15 is 0 Å². The van der Waals surface area contributed by atoms with Gasteiger partial charge in [0.15, 0.2) is 0 Å². The van der Waals surface area contributed by atoms with Crippen LogP contribution in [0.25, 0.3) is 0 Å². The number of allylic oxidation sites excluding steroid dienone is 4. The Morgan fingerprint density at radius 3 is 3.00 bits per heavy atom. The predicted octanol–water partition coefficient (Wildman–Crippen LogP) is 2.79. The quantitative estimate of drug-likeness (QED) is 0.593. The molecule has 0 saturated carbocycles. The van der Waals surface area contributed by atoms with E-state index in [1.54, 1.807) is 6.21 Å². The van der Waals surface area contributed by atoms with E-state index in [2.05, 4.69) is 33.1 Å². The number of rotatable bonds is 0. The molecule has 3 heteroatoms. The van der Waals surface area contributed by atoms with Crippen molar-refractivity contribution in [1.82, 2.24) is 0 Å². The molecule has 1 heterocycles. The average Bonchev–Trinajstić information content (AvgIpc) is 2.12. The van der Waals surface area contributed by atoms with E-state index in [1.165, 1.54) is 5.57 Å². The normalized spacial score (nSPS) is 26.4. The van der Waals surface area contributed by atoms with Crippen molar-refractivity contribution in [1.29, 1.82) is 0 Å². The molecule has 1 unspecified atom stereocenters. The number of hydrogen-bond acceptors (Lipinski definition) is 1. The molecule has 0 aromatic heterocycles. The van der Waals surface area contributed by atoms with Gasteiger partial charge in [-0.3, -0.25) is 0 Å². The van der Waals surface area contributed by atoms with E-state index in [9.17, 15) is 0 Å². The van der Waals surface area contributed by atoms with Gasteiger partial charge in [-0.2, -0.15) is 0 Å². The number of halogens is 1. The number of hydrogen-bond donors (Lipinski definition) is 0. The van der Waals surface area contributed by atoms with Crippen molar-refractivity contribution in [2.45, 2.75) is 0 Å². The highest BCUT2D eigenvalue weighted by atomic mass is 79.9. The van der Waals surface area contributed by atoms with Gasteiger partial charge in [0, 0.05) is 10.7 Å². The Labute approximate surface area is 84.7 Å². The van der Waals surface area contributed by atoms with Crippen LogP contribution in [0.5, 0.6) is 0 Å². The molecule has 12 heavy (non-hydrogen) atoms. The Hall–Kier alpha value is -0.540. The van der Waals surface area contributed by atoms with Crippen LogP contribution >= 0.6 is 28.1 Å².